The fourth-order valence-electron chi connectivity index (χ4n) is 1.30. The molecule has 2 rings (SSSR count). The van der Waals surface area contributed by atoms with Crippen LogP contribution in [0.25, 0.3) is 0 Å². The molecule has 12 heavy (non-hydrogen) atoms. The lowest BCUT2D eigenvalue weighted by Gasteiger charge is -2.09. The zero-order chi connectivity index (χ0) is 8.39. The zero-order valence-electron chi connectivity index (χ0n) is 6.57. The highest BCUT2D eigenvalue weighted by Crippen LogP contribution is 2.19. The van der Waals surface area contributed by atoms with Crippen molar-refractivity contribution in [3.63, 3.8) is 0 Å². The Morgan fingerprint density at radius 1 is 1.50 bits per heavy atom. The van der Waals surface area contributed by atoms with E-state index in [1.165, 1.54) is 0 Å². The third-order valence-corrected chi connectivity index (χ3v) is 1.93. The Labute approximate surface area is 70.8 Å². The summed E-state index contributed by atoms with van der Waals surface area (Å²) in [5.41, 5.74) is 1.08. The molecule has 0 aromatic heterocycles. The summed E-state index contributed by atoms with van der Waals surface area (Å²) in [6.07, 6.45) is 1.70. The maximum atomic E-state index is 9.20. The van der Waals surface area contributed by atoms with E-state index in [0.717, 1.165) is 12.1 Å². The van der Waals surface area contributed by atoms with Gasteiger partial charge < -0.3 is 10.4 Å². The van der Waals surface area contributed by atoms with Crippen molar-refractivity contribution < 1.29 is 5.11 Å². The third kappa shape index (κ3) is 1.25. The second-order valence-corrected chi connectivity index (χ2v) is 2.81. The van der Waals surface area contributed by atoms with E-state index in [2.05, 4.69) is 10.3 Å². The molecule has 0 saturated heterocycles. The van der Waals surface area contributed by atoms with Gasteiger partial charge in [-0.3, -0.25) is 4.99 Å². The number of aliphatic imine (C=N–C) groups is 1. The average molecular weight is 162 g/mol. The third-order valence-electron chi connectivity index (χ3n) is 1.93. The highest BCUT2D eigenvalue weighted by atomic mass is 16.3. The Morgan fingerprint density at radius 3 is 3.08 bits per heavy atom. The molecule has 2 N–H and O–H groups in total. The van der Waals surface area contributed by atoms with Crippen LogP contribution in [0.2, 0.25) is 0 Å². The van der Waals surface area contributed by atoms with Gasteiger partial charge in [0, 0.05) is 0 Å². The van der Waals surface area contributed by atoms with E-state index in [0.29, 0.717) is 5.75 Å². The van der Waals surface area contributed by atoms with Gasteiger partial charge in [-0.15, -0.1) is 0 Å². The summed E-state index contributed by atoms with van der Waals surface area (Å²) in [6.45, 7) is 0.753. The van der Waals surface area contributed by atoms with Gasteiger partial charge in [0.1, 0.15) is 5.75 Å². The number of nitrogens with zero attached hydrogens (tertiary/aromatic N) is 1. The van der Waals surface area contributed by atoms with Crippen LogP contribution in [-0.4, -0.2) is 18.0 Å². The lowest BCUT2D eigenvalue weighted by Crippen LogP contribution is -2.14. The zero-order valence-corrected chi connectivity index (χ0v) is 6.57. The van der Waals surface area contributed by atoms with Crippen LogP contribution in [0.1, 0.15) is 11.6 Å². The molecule has 62 valence electrons. The molecule has 0 amide bonds. The van der Waals surface area contributed by atoms with Crippen LogP contribution in [0.15, 0.2) is 29.3 Å². The van der Waals surface area contributed by atoms with E-state index in [4.69, 9.17) is 0 Å². The molecule has 1 atom stereocenters. The van der Waals surface area contributed by atoms with Crippen molar-refractivity contribution in [3.05, 3.63) is 29.8 Å². The highest BCUT2D eigenvalue weighted by Gasteiger charge is 2.12. The first kappa shape index (κ1) is 7.16. The molecule has 0 radical (unpaired) electrons. The standard InChI is InChI=1S/C9H10N2O/c12-8-3-1-2-7(4-8)9-5-10-6-11-9/h1-4,6,9,12H,5H2,(H,10,11). The maximum Gasteiger partial charge on any atom is 0.115 e. The summed E-state index contributed by atoms with van der Waals surface area (Å²) in [6, 6.07) is 7.47. The Hall–Kier alpha value is -1.51. The molecular weight excluding hydrogens is 152 g/mol. The molecule has 1 aromatic carbocycles. The molecule has 0 spiro atoms. The highest BCUT2D eigenvalue weighted by molar-refractivity contribution is 5.58. The number of phenolic OH excluding ortho intramolecular Hbond substituents is 1. The normalized spacial score (nSPS) is 20.8. The summed E-state index contributed by atoms with van der Waals surface area (Å²) in [4.78, 5) is 4.05. The minimum atomic E-state index is 0.233. The van der Waals surface area contributed by atoms with Crippen molar-refractivity contribution in [1.29, 1.82) is 0 Å². The van der Waals surface area contributed by atoms with Crippen LogP contribution in [0, 0.1) is 0 Å². The van der Waals surface area contributed by atoms with Gasteiger partial charge in [0.15, 0.2) is 0 Å². The van der Waals surface area contributed by atoms with Crippen molar-refractivity contribution >= 4 is 6.34 Å². The number of rotatable bonds is 1. The molecule has 1 aliphatic rings. The summed E-state index contributed by atoms with van der Waals surface area (Å²) in [7, 11) is 0. The lowest BCUT2D eigenvalue weighted by molar-refractivity contribution is 0.473. The van der Waals surface area contributed by atoms with Crippen molar-refractivity contribution in [2.45, 2.75) is 6.04 Å². The first-order valence-corrected chi connectivity index (χ1v) is 3.89. The van der Waals surface area contributed by atoms with Gasteiger partial charge >= 0.3 is 0 Å². The van der Waals surface area contributed by atoms with Crippen LogP contribution in [0.5, 0.6) is 5.75 Å². The second kappa shape index (κ2) is 2.85. The van der Waals surface area contributed by atoms with Crippen LogP contribution in [0.4, 0.5) is 0 Å². The first-order chi connectivity index (χ1) is 5.86. The fourth-order valence-corrected chi connectivity index (χ4v) is 1.30. The van der Waals surface area contributed by atoms with Crippen LogP contribution >= 0.6 is 0 Å². The predicted octanol–water partition coefficient (Wildman–Crippen LogP) is 1.06. The van der Waals surface area contributed by atoms with Gasteiger partial charge in [0.05, 0.1) is 18.9 Å². The van der Waals surface area contributed by atoms with E-state index in [1.54, 1.807) is 18.5 Å². The van der Waals surface area contributed by atoms with E-state index < -0.39 is 0 Å². The molecule has 1 unspecified atom stereocenters. The summed E-state index contributed by atoms with van der Waals surface area (Å²) in [5, 5.41) is 12.3. The number of hydrogen-bond acceptors (Lipinski definition) is 3. The van der Waals surface area contributed by atoms with Gasteiger partial charge in [-0.25, -0.2) is 0 Å². The van der Waals surface area contributed by atoms with Gasteiger partial charge in [0.2, 0.25) is 0 Å². The largest absolute Gasteiger partial charge is 0.508 e. The first-order valence-electron chi connectivity index (χ1n) is 3.89. The van der Waals surface area contributed by atoms with Crippen LogP contribution in [-0.2, 0) is 0 Å². The predicted molar refractivity (Wildman–Crippen MR) is 47.3 cm³/mol. The smallest absolute Gasteiger partial charge is 0.115 e. The molecule has 1 aliphatic heterocycles. The molecule has 0 bridgehead atoms. The second-order valence-electron chi connectivity index (χ2n) is 2.81. The average Bonchev–Trinajstić information content (AvgIpc) is 2.56. The molecule has 0 fully saturated rings. The topological polar surface area (TPSA) is 44.6 Å². The Bertz CT molecular complexity index is 301. The molecule has 0 aliphatic carbocycles. The number of nitrogens with one attached hydrogen (secondary N) is 1. The van der Waals surface area contributed by atoms with Crippen LogP contribution < -0.4 is 5.32 Å². The molecule has 3 nitrogen and oxygen atoms in total. The minimum absolute atomic E-state index is 0.233. The van der Waals surface area contributed by atoms with E-state index in [1.807, 2.05) is 12.1 Å². The minimum Gasteiger partial charge on any atom is -0.508 e. The van der Waals surface area contributed by atoms with Crippen molar-refractivity contribution in [2.75, 3.05) is 6.54 Å². The molecular formula is C9H10N2O. The number of phenols is 1. The fraction of sp³-hybridized carbons (Fsp3) is 0.222. The van der Waals surface area contributed by atoms with Crippen LogP contribution in [0.3, 0.4) is 0 Å². The Morgan fingerprint density at radius 2 is 2.42 bits per heavy atom. The number of aromatic hydroxyl groups is 1. The van der Waals surface area contributed by atoms with Crippen molar-refractivity contribution in [2.24, 2.45) is 4.99 Å². The summed E-state index contributed by atoms with van der Waals surface area (Å²) < 4.78 is 0. The van der Waals surface area contributed by atoms with Gasteiger partial charge in [-0.2, -0.15) is 0 Å². The van der Waals surface area contributed by atoms with E-state index in [9.17, 15) is 5.11 Å². The summed E-state index contributed by atoms with van der Waals surface area (Å²) in [5.74, 6) is 0.307. The Balaban J connectivity index is 2.22. The molecule has 3 heteroatoms. The molecule has 1 aromatic rings. The van der Waals surface area contributed by atoms with Gasteiger partial charge in [-0.05, 0) is 17.7 Å². The number of benzene rings is 1. The molecule has 0 saturated carbocycles. The molecule has 1 heterocycles. The SMILES string of the molecule is Oc1cccc(C2CN=CN2)c1. The van der Waals surface area contributed by atoms with E-state index >= 15 is 0 Å². The van der Waals surface area contributed by atoms with Gasteiger partial charge in [-0.1, -0.05) is 12.1 Å². The quantitative estimate of drug-likeness (QED) is 0.648. The monoisotopic (exact) mass is 162 g/mol. The van der Waals surface area contributed by atoms with Crippen molar-refractivity contribution in [1.82, 2.24) is 5.32 Å². The van der Waals surface area contributed by atoms with E-state index in [-0.39, 0.29) is 6.04 Å². The van der Waals surface area contributed by atoms with Crippen molar-refractivity contribution in [3.8, 4) is 5.75 Å². The maximum absolute atomic E-state index is 9.20. The summed E-state index contributed by atoms with van der Waals surface area (Å²) >= 11 is 0. The number of hydrogen-bond donors (Lipinski definition) is 2. The van der Waals surface area contributed by atoms with Gasteiger partial charge in [0.25, 0.3) is 0 Å². The Kier molecular flexibility index (Phi) is 1.70. The lowest BCUT2D eigenvalue weighted by atomic mass is 10.1.